The van der Waals surface area contributed by atoms with E-state index in [1.165, 1.54) is 17.5 Å². The van der Waals surface area contributed by atoms with Crippen LogP contribution in [0.1, 0.15) is 44.7 Å². The Balaban J connectivity index is 2.50. The number of likely N-dealkylation sites (tertiary alicyclic amines) is 1. The summed E-state index contributed by atoms with van der Waals surface area (Å²) in [4.78, 5) is 29.6. The normalized spacial score (nSPS) is 24.0. The van der Waals surface area contributed by atoms with Gasteiger partial charge in [-0.15, -0.1) is 11.3 Å². The molecule has 1 N–H and O–H groups in total. The number of nitrogens with zero attached hydrogens (tertiary/aromatic N) is 2. The summed E-state index contributed by atoms with van der Waals surface area (Å²) in [6, 6.07) is -0.550. The van der Waals surface area contributed by atoms with Crippen LogP contribution in [0.3, 0.4) is 0 Å². The maximum Gasteiger partial charge on any atom is 0.309 e. The van der Waals surface area contributed by atoms with E-state index in [1.807, 2.05) is 20.8 Å². The first kappa shape index (κ1) is 15.3. The van der Waals surface area contributed by atoms with Crippen LogP contribution in [-0.2, 0) is 9.59 Å². The molecule has 0 saturated carbocycles. The van der Waals surface area contributed by atoms with Crippen LogP contribution in [0.2, 0.25) is 4.34 Å². The van der Waals surface area contributed by atoms with Gasteiger partial charge in [0.05, 0.1) is 18.2 Å². The molecule has 1 aromatic rings. The maximum atomic E-state index is 12.3. The second kappa shape index (κ2) is 5.33. The van der Waals surface area contributed by atoms with E-state index in [2.05, 4.69) is 4.98 Å². The second-order valence-electron chi connectivity index (χ2n) is 5.87. The van der Waals surface area contributed by atoms with Gasteiger partial charge in [0.15, 0.2) is 0 Å². The lowest BCUT2D eigenvalue weighted by molar-refractivity contribution is -0.156. The molecule has 1 fully saturated rings. The smallest absolute Gasteiger partial charge is 0.309 e. The molecule has 1 aromatic heterocycles. The van der Waals surface area contributed by atoms with Gasteiger partial charge in [-0.1, -0.05) is 11.6 Å². The fourth-order valence-corrected chi connectivity index (χ4v) is 3.72. The summed E-state index contributed by atoms with van der Waals surface area (Å²) >= 11 is 7.14. The van der Waals surface area contributed by atoms with Crippen LogP contribution in [0.5, 0.6) is 0 Å². The van der Waals surface area contributed by atoms with Crippen molar-refractivity contribution in [3.8, 4) is 0 Å². The Morgan fingerprint density at radius 3 is 2.65 bits per heavy atom. The lowest BCUT2D eigenvalue weighted by Gasteiger charge is -2.46. The Labute approximate surface area is 126 Å². The molecule has 20 heavy (non-hydrogen) atoms. The number of carbonyl (C=O) groups excluding carboxylic acids is 1. The number of aromatic nitrogens is 1. The number of aliphatic carboxylic acids is 1. The van der Waals surface area contributed by atoms with Crippen LogP contribution in [0, 0.1) is 5.92 Å². The highest BCUT2D eigenvalue weighted by molar-refractivity contribution is 7.15. The van der Waals surface area contributed by atoms with Gasteiger partial charge in [0.2, 0.25) is 5.91 Å². The van der Waals surface area contributed by atoms with E-state index in [1.54, 1.807) is 4.90 Å². The van der Waals surface area contributed by atoms with Crippen LogP contribution in [0.25, 0.3) is 0 Å². The Morgan fingerprint density at radius 2 is 2.20 bits per heavy atom. The van der Waals surface area contributed by atoms with Crippen LogP contribution in [0.15, 0.2) is 6.20 Å². The van der Waals surface area contributed by atoms with Crippen molar-refractivity contribution in [2.75, 3.05) is 0 Å². The number of carbonyl (C=O) groups is 2. The van der Waals surface area contributed by atoms with Crippen LogP contribution >= 0.6 is 22.9 Å². The number of hydrogen-bond acceptors (Lipinski definition) is 4. The number of carboxylic acid groups (broad SMARTS) is 1. The summed E-state index contributed by atoms with van der Waals surface area (Å²) < 4.78 is 0.496. The topological polar surface area (TPSA) is 70.5 Å². The predicted octanol–water partition coefficient (Wildman–Crippen LogP) is 2.96. The predicted molar refractivity (Wildman–Crippen MR) is 76.8 cm³/mol. The van der Waals surface area contributed by atoms with Crippen LogP contribution in [0.4, 0.5) is 0 Å². The van der Waals surface area contributed by atoms with Gasteiger partial charge in [-0.05, 0) is 27.2 Å². The molecule has 0 aromatic carbocycles. The molecule has 2 rings (SSSR count). The van der Waals surface area contributed by atoms with Crippen molar-refractivity contribution >= 4 is 34.8 Å². The lowest BCUT2D eigenvalue weighted by Crippen LogP contribution is -2.53. The maximum absolute atomic E-state index is 12.3. The molecular formula is C13H17ClN2O3S. The molecule has 0 radical (unpaired) electrons. The molecule has 0 aliphatic carbocycles. The molecule has 1 amide bonds. The minimum absolute atomic E-state index is 0.0358. The number of hydrogen-bond donors (Lipinski definition) is 1. The average Bonchev–Trinajstić information content (AvgIpc) is 2.73. The minimum Gasteiger partial charge on any atom is -0.481 e. The van der Waals surface area contributed by atoms with Gasteiger partial charge in [0.1, 0.15) is 9.34 Å². The zero-order chi connectivity index (χ0) is 15.1. The first-order valence-electron chi connectivity index (χ1n) is 6.38. The van der Waals surface area contributed by atoms with E-state index < -0.39 is 23.5 Å². The molecule has 1 saturated heterocycles. The Morgan fingerprint density at radius 1 is 1.55 bits per heavy atom. The van der Waals surface area contributed by atoms with E-state index in [0.717, 1.165) is 0 Å². The van der Waals surface area contributed by atoms with Gasteiger partial charge < -0.3 is 10.0 Å². The zero-order valence-corrected chi connectivity index (χ0v) is 13.2. The molecule has 0 bridgehead atoms. The van der Waals surface area contributed by atoms with E-state index in [9.17, 15) is 14.7 Å². The lowest BCUT2D eigenvalue weighted by atomic mass is 9.85. The van der Waals surface area contributed by atoms with Crippen molar-refractivity contribution < 1.29 is 14.7 Å². The average molecular weight is 317 g/mol. The van der Waals surface area contributed by atoms with Gasteiger partial charge in [0, 0.05) is 12.0 Å². The van der Waals surface area contributed by atoms with E-state index in [4.69, 9.17) is 11.6 Å². The van der Waals surface area contributed by atoms with Crippen molar-refractivity contribution in [3.05, 3.63) is 15.5 Å². The quantitative estimate of drug-likeness (QED) is 0.910. The molecule has 5 nitrogen and oxygen atoms in total. The van der Waals surface area contributed by atoms with Crippen molar-refractivity contribution in [1.29, 1.82) is 0 Å². The molecule has 7 heteroatoms. The first-order chi connectivity index (χ1) is 9.21. The monoisotopic (exact) mass is 316 g/mol. The van der Waals surface area contributed by atoms with Gasteiger partial charge in [-0.3, -0.25) is 9.59 Å². The summed E-state index contributed by atoms with van der Waals surface area (Å²) in [5.41, 5.74) is -0.464. The number of amides is 1. The van der Waals surface area contributed by atoms with Crippen molar-refractivity contribution in [1.82, 2.24) is 9.88 Å². The highest BCUT2D eigenvalue weighted by Gasteiger charge is 2.46. The summed E-state index contributed by atoms with van der Waals surface area (Å²) in [5.74, 6) is -1.58. The molecule has 1 aliphatic rings. The summed E-state index contributed by atoms with van der Waals surface area (Å²) in [6.07, 6.45) is 2.09. The Bertz CT molecular complexity index is 538. The Hall–Kier alpha value is -1.14. The first-order valence-corrected chi connectivity index (χ1v) is 7.57. The SMILES string of the molecule is CC(C)(C)N1C(=O)CCC(C(=O)O)C1c1ncc(Cl)s1. The van der Waals surface area contributed by atoms with E-state index >= 15 is 0 Å². The molecule has 110 valence electrons. The number of halogens is 1. The van der Waals surface area contributed by atoms with Crippen LogP contribution in [-0.4, -0.2) is 32.4 Å². The van der Waals surface area contributed by atoms with E-state index in [0.29, 0.717) is 15.8 Å². The second-order valence-corrected chi connectivity index (χ2v) is 7.56. The van der Waals surface area contributed by atoms with Crippen LogP contribution < -0.4 is 0 Å². The van der Waals surface area contributed by atoms with Crippen molar-refractivity contribution in [3.63, 3.8) is 0 Å². The highest BCUT2D eigenvalue weighted by Crippen LogP contribution is 2.42. The largest absolute Gasteiger partial charge is 0.481 e. The fraction of sp³-hybridized carbons (Fsp3) is 0.615. The molecule has 2 atom stereocenters. The molecule has 2 unspecified atom stereocenters. The van der Waals surface area contributed by atoms with E-state index in [-0.39, 0.29) is 12.3 Å². The highest BCUT2D eigenvalue weighted by atomic mass is 35.5. The molecule has 1 aliphatic heterocycles. The Kier molecular flexibility index (Phi) is 4.07. The molecular weight excluding hydrogens is 300 g/mol. The number of piperidine rings is 1. The third-order valence-electron chi connectivity index (χ3n) is 3.39. The van der Waals surface area contributed by atoms with Gasteiger partial charge in [-0.25, -0.2) is 4.98 Å². The summed E-state index contributed by atoms with van der Waals surface area (Å²) in [7, 11) is 0. The summed E-state index contributed by atoms with van der Waals surface area (Å²) in [6.45, 7) is 5.70. The van der Waals surface area contributed by atoms with Crippen molar-refractivity contribution in [2.45, 2.75) is 45.2 Å². The minimum atomic E-state index is -0.900. The number of rotatable bonds is 2. The van der Waals surface area contributed by atoms with Gasteiger partial charge in [0.25, 0.3) is 0 Å². The summed E-state index contributed by atoms with van der Waals surface area (Å²) in [5, 5.41) is 10.0. The number of thiazole rings is 1. The molecule has 2 heterocycles. The van der Waals surface area contributed by atoms with Gasteiger partial charge in [-0.2, -0.15) is 0 Å². The molecule has 0 spiro atoms. The third-order valence-corrected chi connectivity index (χ3v) is 4.57. The third kappa shape index (κ3) is 2.81. The standard InChI is InChI=1S/C13H17ClN2O3S/c1-13(2,3)16-9(17)5-4-7(12(18)19)10(16)11-15-6-8(14)20-11/h6-7,10H,4-5H2,1-3H3,(H,18,19). The van der Waals surface area contributed by atoms with Gasteiger partial charge >= 0.3 is 5.97 Å². The fourth-order valence-electron chi connectivity index (χ4n) is 2.63. The van der Waals surface area contributed by atoms with Crippen molar-refractivity contribution in [2.24, 2.45) is 5.92 Å². The number of carboxylic acids is 1. The zero-order valence-electron chi connectivity index (χ0n) is 11.6.